The number of hydrogen-bond acceptors (Lipinski definition) is 5. The van der Waals surface area contributed by atoms with E-state index in [4.69, 9.17) is 4.74 Å². The van der Waals surface area contributed by atoms with Crippen LogP contribution in [0.4, 0.5) is 8.78 Å². The number of ether oxygens (including phenoxy) is 1. The van der Waals surface area contributed by atoms with Gasteiger partial charge in [0.15, 0.2) is 0 Å². The van der Waals surface area contributed by atoms with Crippen molar-refractivity contribution in [3.8, 4) is 17.0 Å². The van der Waals surface area contributed by atoms with Gasteiger partial charge in [-0.3, -0.25) is 4.79 Å². The van der Waals surface area contributed by atoms with Gasteiger partial charge in [0.2, 0.25) is 0 Å². The Morgan fingerprint density at radius 2 is 2.00 bits per heavy atom. The highest BCUT2D eigenvalue weighted by Gasteiger charge is 2.27. The number of amides is 1. The summed E-state index contributed by atoms with van der Waals surface area (Å²) in [5.74, 6) is 0.831. The number of likely N-dealkylation sites (tertiary alicyclic amines) is 1. The molecule has 0 atom stereocenters. The molecule has 186 valence electrons. The predicted molar refractivity (Wildman–Crippen MR) is 130 cm³/mol. The summed E-state index contributed by atoms with van der Waals surface area (Å²) in [4.78, 5) is 27.7. The summed E-state index contributed by atoms with van der Waals surface area (Å²) in [6, 6.07) is 4.50. The third-order valence-corrected chi connectivity index (χ3v) is 7.05. The first-order chi connectivity index (χ1) is 16.9. The van der Waals surface area contributed by atoms with Crippen LogP contribution in [0.3, 0.4) is 0 Å². The van der Waals surface area contributed by atoms with E-state index < -0.39 is 6.43 Å². The molecule has 2 N–H and O–H groups in total. The molecule has 1 saturated carbocycles. The van der Waals surface area contributed by atoms with Gasteiger partial charge < -0.3 is 19.9 Å². The second-order valence-electron chi connectivity index (χ2n) is 9.56. The second kappa shape index (κ2) is 9.89. The number of aromatic nitrogens is 3. The minimum Gasteiger partial charge on any atom is -0.493 e. The van der Waals surface area contributed by atoms with Gasteiger partial charge >= 0.3 is 0 Å². The van der Waals surface area contributed by atoms with Crippen LogP contribution < -0.4 is 10.1 Å². The number of nitrogens with one attached hydrogen (secondary N) is 2. The summed E-state index contributed by atoms with van der Waals surface area (Å²) in [6.45, 7) is 7.45. The zero-order valence-corrected chi connectivity index (χ0v) is 20.1. The molecule has 0 radical (unpaired) electrons. The molecule has 1 aromatic carbocycles. The molecule has 7 nitrogen and oxygen atoms in total. The molecule has 9 heteroatoms. The van der Waals surface area contributed by atoms with E-state index >= 15 is 0 Å². The van der Waals surface area contributed by atoms with E-state index in [1.807, 2.05) is 6.92 Å². The molecule has 0 unspecified atom stereocenters. The summed E-state index contributed by atoms with van der Waals surface area (Å²) in [6.07, 6.45) is 2.81. The molecule has 3 heterocycles. The number of carbonyl (C=O) groups is 1. The van der Waals surface area contributed by atoms with Crippen molar-refractivity contribution in [3.05, 3.63) is 41.3 Å². The van der Waals surface area contributed by atoms with Crippen LogP contribution in [0.2, 0.25) is 0 Å². The van der Waals surface area contributed by atoms with E-state index in [1.165, 1.54) is 18.5 Å². The Labute approximate surface area is 203 Å². The van der Waals surface area contributed by atoms with E-state index in [1.54, 1.807) is 6.07 Å². The van der Waals surface area contributed by atoms with E-state index in [9.17, 15) is 13.6 Å². The topological polar surface area (TPSA) is 83.1 Å². The van der Waals surface area contributed by atoms with Gasteiger partial charge in [-0.15, -0.1) is 0 Å². The summed E-state index contributed by atoms with van der Waals surface area (Å²) >= 11 is 0. The number of piperidine rings is 1. The molecule has 1 saturated heterocycles. The van der Waals surface area contributed by atoms with Crippen LogP contribution in [-0.2, 0) is 0 Å². The fraction of sp³-hybridized carbons (Fsp3) is 0.500. The third kappa shape index (κ3) is 5.00. The van der Waals surface area contributed by atoms with Crippen LogP contribution >= 0.6 is 0 Å². The van der Waals surface area contributed by atoms with Crippen molar-refractivity contribution in [2.75, 3.05) is 26.2 Å². The van der Waals surface area contributed by atoms with Crippen LogP contribution in [0, 0.1) is 12.8 Å². The average molecular weight is 484 g/mol. The molecule has 1 aliphatic heterocycles. The maximum Gasteiger partial charge on any atom is 0.263 e. The lowest BCUT2D eigenvalue weighted by Gasteiger charge is -2.31. The van der Waals surface area contributed by atoms with E-state index in [0.29, 0.717) is 51.8 Å². The van der Waals surface area contributed by atoms with Gasteiger partial charge in [0.25, 0.3) is 12.3 Å². The first kappa shape index (κ1) is 23.7. The largest absolute Gasteiger partial charge is 0.493 e. The molecule has 35 heavy (non-hydrogen) atoms. The molecular formula is C26H31F2N5O2. The van der Waals surface area contributed by atoms with Crippen molar-refractivity contribution in [2.45, 2.75) is 52.0 Å². The predicted octanol–water partition coefficient (Wildman–Crippen LogP) is 4.87. The number of fused-ring (bicyclic) bond motifs is 1. The third-order valence-electron chi connectivity index (χ3n) is 7.05. The number of hydrogen-bond donors (Lipinski definition) is 2. The molecule has 0 spiro atoms. The maximum absolute atomic E-state index is 13.5. The normalized spacial score (nSPS) is 17.3. The van der Waals surface area contributed by atoms with Crippen LogP contribution in [0.1, 0.15) is 60.6 Å². The van der Waals surface area contributed by atoms with Gasteiger partial charge in [-0.05, 0) is 63.3 Å². The Morgan fingerprint density at radius 3 is 2.69 bits per heavy atom. The fourth-order valence-electron chi connectivity index (χ4n) is 4.74. The molecule has 2 fully saturated rings. The number of nitrogens with zero attached hydrogens (tertiary/aromatic N) is 3. The van der Waals surface area contributed by atoms with Crippen molar-refractivity contribution >= 4 is 16.9 Å². The zero-order chi connectivity index (χ0) is 24.5. The molecule has 1 aliphatic carbocycles. The van der Waals surface area contributed by atoms with Crippen molar-refractivity contribution in [2.24, 2.45) is 5.92 Å². The Hall–Kier alpha value is -3.07. The average Bonchev–Trinajstić information content (AvgIpc) is 3.62. The first-order valence-electron chi connectivity index (χ1n) is 12.4. The van der Waals surface area contributed by atoms with Crippen molar-refractivity contribution in [1.29, 1.82) is 0 Å². The lowest BCUT2D eigenvalue weighted by atomic mass is 10.0. The minimum absolute atomic E-state index is 0.106. The second-order valence-corrected chi connectivity index (χ2v) is 9.56. The van der Waals surface area contributed by atoms with Crippen LogP contribution in [-0.4, -0.2) is 58.0 Å². The summed E-state index contributed by atoms with van der Waals surface area (Å²) < 4.78 is 33.1. The first-order valence-corrected chi connectivity index (χ1v) is 12.4. The van der Waals surface area contributed by atoms with Gasteiger partial charge in [0, 0.05) is 36.0 Å². The standard InChI is InChI=1S/C26H31F2N5O2/c1-3-33-10-8-18(9-11-33)32-26(34)21-15(2)31-24-22(29-14-30-23(21)24)19-12-17(25(27)28)6-7-20(19)35-13-16-4-5-16/h6-7,12,14,16,18,25,31H,3-5,8-11,13H2,1-2H3,(H,32,34). The van der Waals surface area contributed by atoms with Gasteiger partial charge in [-0.2, -0.15) is 0 Å². The van der Waals surface area contributed by atoms with Crippen molar-refractivity contribution in [3.63, 3.8) is 0 Å². The Bertz CT molecular complexity index is 1220. The summed E-state index contributed by atoms with van der Waals surface area (Å²) in [7, 11) is 0. The van der Waals surface area contributed by atoms with Gasteiger partial charge in [0.05, 0.1) is 17.7 Å². The lowest BCUT2D eigenvalue weighted by molar-refractivity contribution is 0.0913. The Balaban J connectivity index is 1.48. The molecule has 1 amide bonds. The number of aryl methyl sites for hydroxylation is 1. The van der Waals surface area contributed by atoms with Crippen LogP contribution in [0.15, 0.2) is 24.5 Å². The Kier molecular flexibility index (Phi) is 6.69. The molecular weight excluding hydrogens is 452 g/mol. The Morgan fingerprint density at radius 1 is 1.23 bits per heavy atom. The van der Waals surface area contributed by atoms with E-state index in [2.05, 4.69) is 32.1 Å². The smallest absolute Gasteiger partial charge is 0.263 e. The quantitative estimate of drug-likeness (QED) is 0.478. The molecule has 2 aliphatic rings. The highest BCUT2D eigenvalue weighted by atomic mass is 19.3. The highest BCUT2D eigenvalue weighted by Crippen LogP contribution is 2.38. The number of carbonyl (C=O) groups excluding carboxylic acids is 1. The number of benzene rings is 1. The molecule has 3 aromatic rings. The summed E-state index contributed by atoms with van der Waals surface area (Å²) in [5.41, 5.74) is 2.95. The van der Waals surface area contributed by atoms with E-state index in [-0.39, 0.29) is 17.5 Å². The van der Waals surface area contributed by atoms with Gasteiger partial charge in [0.1, 0.15) is 23.3 Å². The number of halogens is 2. The minimum atomic E-state index is -2.62. The lowest BCUT2D eigenvalue weighted by Crippen LogP contribution is -2.44. The van der Waals surface area contributed by atoms with E-state index in [0.717, 1.165) is 45.3 Å². The van der Waals surface area contributed by atoms with Crippen molar-refractivity contribution in [1.82, 2.24) is 25.2 Å². The number of aromatic amines is 1. The summed E-state index contributed by atoms with van der Waals surface area (Å²) in [5, 5.41) is 3.16. The van der Waals surface area contributed by atoms with Gasteiger partial charge in [-0.25, -0.2) is 18.7 Å². The monoisotopic (exact) mass is 483 g/mol. The molecule has 2 aromatic heterocycles. The van der Waals surface area contributed by atoms with Gasteiger partial charge in [-0.1, -0.05) is 6.92 Å². The van der Waals surface area contributed by atoms with Crippen molar-refractivity contribution < 1.29 is 18.3 Å². The molecule has 5 rings (SSSR count). The molecule has 0 bridgehead atoms. The number of rotatable bonds is 8. The highest BCUT2D eigenvalue weighted by molar-refractivity contribution is 6.09. The van der Waals surface area contributed by atoms with Crippen LogP contribution in [0.5, 0.6) is 5.75 Å². The van der Waals surface area contributed by atoms with Crippen LogP contribution in [0.25, 0.3) is 22.3 Å². The SMILES string of the molecule is CCN1CCC(NC(=O)c2c(C)[nH]c3c(-c4cc(C(F)F)ccc4OCC4CC4)ncnc23)CC1. The maximum atomic E-state index is 13.5. The zero-order valence-electron chi connectivity index (χ0n) is 20.1. The number of H-pyrrole nitrogens is 1. The fourth-order valence-corrected chi connectivity index (χ4v) is 4.74. The number of alkyl halides is 2.